The third-order valence-corrected chi connectivity index (χ3v) is 5.20. The third-order valence-electron chi connectivity index (χ3n) is 5.20. The Balaban J connectivity index is 1.68. The first-order valence-corrected chi connectivity index (χ1v) is 9.95. The summed E-state index contributed by atoms with van der Waals surface area (Å²) in [5.74, 6) is 0.992. The predicted molar refractivity (Wildman–Crippen MR) is 97.9 cm³/mol. The van der Waals surface area contributed by atoms with Gasteiger partial charge in [0.25, 0.3) is 0 Å². The highest BCUT2D eigenvalue weighted by Crippen LogP contribution is 2.31. The van der Waals surface area contributed by atoms with Crippen molar-refractivity contribution in [1.82, 2.24) is 19.7 Å². The molecule has 6 heteroatoms. The van der Waals surface area contributed by atoms with Gasteiger partial charge in [-0.3, -0.25) is 4.79 Å². The second kappa shape index (κ2) is 10.5. The number of aromatic nitrogens is 3. The summed E-state index contributed by atoms with van der Waals surface area (Å²) in [6, 6.07) is 0.0377. The molecule has 2 rings (SSSR count). The second-order valence-corrected chi connectivity index (χ2v) is 7.29. The number of carbonyl (C=O) groups is 1. The molecular weight excluding hydrogens is 316 g/mol. The van der Waals surface area contributed by atoms with E-state index in [0.717, 1.165) is 38.1 Å². The van der Waals surface area contributed by atoms with Crippen molar-refractivity contribution < 1.29 is 9.90 Å². The molecule has 1 aliphatic rings. The molecule has 1 aromatic heterocycles. The quantitative estimate of drug-likeness (QED) is 0.621. The van der Waals surface area contributed by atoms with E-state index >= 15 is 0 Å². The van der Waals surface area contributed by atoms with Gasteiger partial charge in [0.05, 0.1) is 12.1 Å². The number of unbranched alkanes of at least 4 members (excludes halogenated alkanes) is 5. The van der Waals surface area contributed by atoms with Crippen molar-refractivity contribution in [3.63, 3.8) is 0 Å². The Kier molecular flexibility index (Phi) is 8.38. The maximum atomic E-state index is 12.6. The monoisotopic (exact) mass is 350 g/mol. The van der Waals surface area contributed by atoms with Crippen molar-refractivity contribution in [1.29, 1.82) is 0 Å². The fourth-order valence-corrected chi connectivity index (χ4v) is 3.67. The zero-order chi connectivity index (χ0) is 18.1. The zero-order valence-electron chi connectivity index (χ0n) is 15.9. The molecule has 0 spiro atoms. The minimum absolute atomic E-state index is 0.0377. The average Bonchev–Trinajstić information content (AvgIpc) is 3.24. The number of carbonyl (C=O) groups excluding carboxylic acids is 1. The first-order chi connectivity index (χ1) is 12.1. The van der Waals surface area contributed by atoms with Gasteiger partial charge in [0, 0.05) is 20.0 Å². The smallest absolute Gasteiger partial charge is 0.223 e. The minimum Gasteiger partial charge on any atom is -0.393 e. The molecule has 0 aromatic carbocycles. The highest BCUT2D eigenvalue weighted by molar-refractivity contribution is 5.76. The van der Waals surface area contributed by atoms with E-state index in [1.54, 1.807) is 6.33 Å². The Hall–Kier alpha value is -1.43. The summed E-state index contributed by atoms with van der Waals surface area (Å²) in [6.45, 7) is 3.00. The highest BCUT2D eigenvalue weighted by Gasteiger charge is 2.32. The molecule has 1 saturated heterocycles. The number of aliphatic hydroxyl groups excluding tert-OH is 1. The summed E-state index contributed by atoms with van der Waals surface area (Å²) in [6.07, 6.45) is 12.4. The number of likely N-dealkylation sites (tertiary alicyclic amines) is 1. The average molecular weight is 351 g/mol. The third kappa shape index (κ3) is 6.10. The van der Waals surface area contributed by atoms with Crippen LogP contribution in [0.3, 0.4) is 0 Å². The maximum Gasteiger partial charge on any atom is 0.223 e. The SMILES string of the molecule is CCCCCCCC[C@@H](O)CCC(=O)N1CCC[C@H]1c1nncn1C. The lowest BCUT2D eigenvalue weighted by molar-refractivity contribution is -0.133. The molecule has 6 nitrogen and oxygen atoms in total. The van der Waals surface area contributed by atoms with E-state index in [1.807, 2.05) is 16.5 Å². The molecule has 0 radical (unpaired) electrons. The van der Waals surface area contributed by atoms with E-state index in [1.165, 1.54) is 32.1 Å². The van der Waals surface area contributed by atoms with Gasteiger partial charge in [-0.1, -0.05) is 45.4 Å². The molecule has 0 bridgehead atoms. The fraction of sp³-hybridized carbons (Fsp3) is 0.842. The largest absolute Gasteiger partial charge is 0.393 e. The number of rotatable bonds is 11. The van der Waals surface area contributed by atoms with Gasteiger partial charge in [0.1, 0.15) is 6.33 Å². The lowest BCUT2D eigenvalue weighted by Crippen LogP contribution is -2.32. The molecule has 1 aliphatic heterocycles. The van der Waals surface area contributed by atoms with E-state index in [0.29, 0.717) is 12.8 Å². The Labute approximate surface area is 151 Å². The Morgan fingerprint density at radius 3 is 2.76 bits per heavy atom. The predicted octanol–water partition coefficient (Wildman–Crippen LogP) is 3.37. The molecule has 142 valence electrons. The first kappa shape index (κ1) is 19.9. The fourth-order valence-electron chi connectivity index (χ4n) is 3.67. The molecule has 2 heterocycles. The Bertz CT molecular complexity index is 517. The normalized spacial score (nSPS) is 18.7. The van der Waals surface area contributed by atoms with E-state index in [2.05, 4.69) is 17.1 Å². The van der Waals surface area contributed by atoms with Crippen molar-refractivity contribution in [3.8, 4) is 0 Å². The summed E-state index contributed by atoms with van der Waals surface area (Å²) in [4.78, 5) is 14.5. The van der Waals surface area contributed by atoms with Gasteiger partial charge in [-0.05, 0) is 25.7 Å². The number of nitrogens with zero attached hydrogens (tertiary/aromatic N) is 4. The van der Waals surface area contributed by atoms with Gasteiger partial charge >= 0.3 is 0 Å². The van der Waals surface area contributed by atoms with Crippen LogP contribution in [0.4, 0.5) is 0 Å². The topological polar surface area (TPSA) is 71.2 Å². The Morgan fingerprint density at radius 2 is 2.04 bits per heavy atom. The van der Waals surface area contributed by atoms with E-state index < -0.39 is 0 Å². The summed E-state index contributed by atoms with van der Waals surface area (Å²) in [5.41, 5.74) is 0. The van der Waals surface area contributed by atoms with Gasteiger partial charge in [-0.25, -0.2) is 0 Å². The number of hydrogen-bond donors (Lipinski definition) is 1. The molecule has 2 atom stereocenters. The molecule has 1 amide bonds. The molecule has 1 aromatic rings. The van der Waals surface area contributed by atoms with Crippen molar-refractivity contribution in [2.45, 2.75) is 89.7 Å². The zero-order valence-corrected chi connectivity index (χ0v) is 15.9. The maximum absolute atomic E-state index is 12.6. The molecule has 0 unspecified atom stereocenters. The van der Waals surface area contributed by atoms with E-state index in [4.69, 9.17) is 0 Å². The molecule has 1 N–H and O–H groups in total. The lowest BCUT2D eigenvalue weighted by Gasteiger charge is -2.24. The van der Waals surface area contributed by atoms with Crippen LogP contribution in [0.2, 0.25) is 0 Å². The standard InChI is InChI=1S/C19H34N4O2/c1-3-4-5-6-7-8-10-16(24)12-13-18(25)23-14-9-11-17(23)19-21-20-15-22(19)2/h15-17,24H,3-14H2,1-2H3/t16-,17+/m1/s1. The van der Waals surface area contributed by atoms with Crippen LogP contribution in [0.1, 0.15) is 89.4 Å². The minimum atomic E-state index is -0.356. The lowest BCUT2D eigenvalue weighted by atomic mass is 10.0. The van der Waals surface area contributed by atoms with Crippen LogP contribution in [0.15, 0.2) is 6.33 Å². The van der Waals surface area contributed by atoms with Crippen LogP contribution in [-0.2, 0) is 11.8 Å². The van der Waals surface area contributed by atoms with Crippen LogP contribution in [0.5, 0.6) is 0 Å². The van der Waals surface area contributed by atoms with Crippen LogP contribution in [0.25, 0.3) is 0 Å². The molecule has 25 heavy (non-hydrogen) atoms. The van der Waals surface area contributed by atoms with Crippen molar-refractivity contribution in [2.24, 2.45) is 7.05 Å². The van der Waals surface area contributed by atoms with Gasteiger partial charge in [-0.2, -0.15) is 0 Å². The number of hydrogen-bond acceptors (Lipinski definition) is 4. The van der Waals surface area contributed by atoms with Crippen LogP contribution in [0, 0.1) is 0 Å². The summed E-state index contributed by atoms with van der Waals surface area (Å²) in [7, 11) is 1.92. The van der Waals surface area contributed by atoms with Gasteiger partial charge in [0.15, 0.2) is 5.82 Å². The molecule has 0 aliphatic carbocycles. The van der Waals surface area contributed by atoms with Crippen LogP contribution < -0.4 is 0 Å². The summed E-state index contributed by atoms with van der Waals surface area (Å²) < 4.78 is 1.89. The number of amides is 1. The highest BCUT2D eigenvalue weighted by atomic mass is 16.3. The number of aryl methyl sites for hydroxylation is 1. The molecular formula is C19H34N4O2. The van der Waals surface area contributed by atoms with Gasteiger partial charge in [0.2, 0.25) is 5.91 Å². The van der Waals surface area contributed by atoms with Gasteiger partial charge in [-0.15, -0.1) is 10.2 Å². The van der Waals surface area contributed by atoms with Crippen molar-refractivity contribution >= 4 is 5.91 Å². The Morgan fingerprint density at radius 1 is 1.28 bits per heavy atom. The summed E-state index contributed by atoms with van der Waals surface area (Å²) in [5, 5.41) is 18.2. The van der Waals surface area contributed by atoms with E-state index in [9.17, 15) is 9.90 Å². The first-order valence-electron chi connectivity index (χ1n) is 9.95. The van der Waals surface area contributed by atoms with Gasteiger partial charge < -0.3 is 14.6 Å². The van der Waals surface area contributed by atoms with Crippen molar-refractivity contribution in [2.75, 3.05) is 6.54 Å². The number of aliphatic hydroxyl groups is 1. The summed E-state index contributed by atoms with van der Waals surface area (Å²) >= 11 is 0. The van der Waals surface area contributed by atoms with Crippen LogP contribution >= 0.6 is 0 Å². The van der Waals surface area contributed by atoms with Crippen LogP contribution in [-0.4, -0.2) is 43.3 Å². The van der Waals surface area contributed by atoms with E-state index in [-0.39, 0.29) is 18.1 Å². The molecule has 0 saturated carbocycles. The second-order valence-electron chi connectivity index (χ2n) is 7.29. The van der Waals surface area contributed by atoms with Crippen molar-refractivity contribution in [3.05, 3.63) is 12.2 Å². The molecule has 1 fully saturated rings.